The molecule has 0 aliphatic carbocycles. The van der Waals surface area contributed by atoms with Gasteiger partial charge in [0, 0.05) is 12.8 Å². The zero-order valence-electron chi connectivity index (χ0n) is 53.6. The van der Waals surface area contributed by atoms with Gasteiger partial charge in [-0.1, -0.05) is 340 Å². The van der Waals surface area contributed by atoms with Gasteiger partial charge in [0.2, 0.25) is 5.91 Å². The molecule has 3 N–H and O–H groups in total. The highest BCUT2D eigenvalue weighted by Gasteiger charge is 2.20. The van der Waals surface area contributed by atoms with Crippen molar-refractivity contribution >= 4 is 11.9 Å². The van der Waals surface area contributed by atoms with Crippen LogP contribution in [-0.4, -0.2) is 47.4 Å². The first-order valence-corrected chi connectivity index (χ1v) is 36.1. The van der Waals surface area contributed by atoms with Crippen LogP contribution in [0.4, 0.5) is 0 Å². The highest BCUT2D eigenvalue weighted by molar-refractivity contribution is 5.76. The van der Waals surface area contributed by atoms with Gasteiger partial charge in [-0.05, 0) is 77.0 Å². The van der Waals surface area contributed by atoms with E-state index < -0.39 is 12.1 Å². The Bertz CT molecular complexity index is 1230. The van der Waals surface area contributed by atoms with Gasteiger partial charge in [0.25, 0.3) is 0 Å². The summed E-state index contributed by atoms with van der Waals surface area (Å²) in [6, 6.07) is -0.550. The summed E-state index contributed by atoms with van der Waals surface area (Å²) in [5.41, 5.74) is 0. The number of carbonyl (C=O) groups is 2. The first-order valence-electron chi connectivity index (χ1n) is 36.1. The van der Waals surface area contributed by atoms with Crippen molar-refractivity contribution in [3.63, 3.8) is 0 Å². The Morgan fingerprint density at radius 3 is 0.899 bits per heavy atom. The molecule has 79 heavy (non-hydrogen) atoms. The third-order valence-corrected chi connectivity index (χ3v) is 17.0. The lowest BCUT2D eigenvalue weighted by atomic mass is 10.0. The Hall–Kier alpha value is -1.66. The number of esters is 1. The molecule has 0 bridgehead atoms. The third-order valence-electron chi connectivity index (χ3n) is 17.0. The Kier molecular flexibility index (Phi) is 67.4. The Labute approximate surface area is 494 Å². The van der Waals surface area contributed by atoms with Crippen molar-refractivity contribution in [3.05, 3.63) is 24.3 Å². The van der Waals surface area contributed by atoms with Crippen molar-refractivity contribution in [2.24, 2.45) is 0 Å². The van der Waals surface area contributed by atoms with Crippen LogP contribution in [-0.2, 0) is 14.3 Å². The number of amides is 1. The van der Waals surface area contributed by atoms with E-state index in [9.17, 15) is 19.8 Å². The first-order chi connectivity index (χ1) is 39.0. The Morgan fingerprint density at radius 1 is 0.342 bits per heavy atom. The summed E-state index contributed by atoms with van der Waals surface area (Å²) >= 11 is 0. The van der Waals surface area contributed by atoms with Crippen LogP contribution in [0.25, 0.3) is 0 Å². The third kappa shape index (κ3) is 65.4. The Balaban J connectivity index is 3.42. The van der Waals surface area contributed by atoms with Crippen LogP contribution < -0.4 is 5.32 Å². The molecule has 0 radical (unpaired) electrons. The molecule has 0 aliphatic rings. The highest BCUT2D eigenvalue weighted by atomic mass is 16.5. The van der Waals surface area contributed by atoms with E-state index >= 15 is 0 Å². The molecule has 0 aliphatic heterocycles. The number of allylic oxidation sites excluding steroid dienone is 4. The molecule has 0 heterocycles. The van der Waals surface area contributed by atoms with E-state index in [1.54, 1.807) is 0 Å². The smallest absolute Gasteiger partial charge is 0.305 e. The predicted molar refractivity (Wildman–Crippen MR) is 347 cm³/mol. The normalized spacial score (nSPS) is 12.6. The number of carbonyl (C=O) groups excluding carboxylic acids is 2. The second kappa shape index (κ2) is 68.8. The minimum Gasteiger partial charge on any atom is -0.466 e. The van der Waals surface area contributed by atoms with E-state index in [-0.39, 0.29) is 18.5 Å². The fraction of sp³-hybridized carbons (Fsp3) is 0.918. The van der Waals surface area contributed by atoms with E-state index in [0.29, 0.717) is 25.9 Å². The maximum atomic E-state index is 12.6. The van der Waals surface area contributed by atoms with Gasteiger partial charge in [-0.2, -0.15) is 0 Å². The van der Waals surface area contributed by atoms with Crippen LogP contribution in [0.3, 0.4) is 0 Å². The number of ether oxygens (including phenoxy) is 1. The van der Waals surface area contributed by atoms with Gasteiger partial charge in [-0.25, -0.2) is 0 Å². The average molecular weight is 1110 g/mol. The van der Waals surface area contributed by atoms with Crippen LogP contribution in [0.1, 0.15) is 406 Å². The van der Waals surface area contributed by atoms with Crippen LogP contribution in [0.2, 0.25) is 0 Å². The molecule has 468 valence electrons. The Morgan fingerprint density at radius 2 is 0.595 bits per heavy atom. The van der Waals surface area contributed by atoms with Gasteiger partial charge >= 0.3 is 5.97 Å². The van der Waals surface area contributed by atoms with Crippen LogP contribution in [0, 0.1) is 0 Å². The summed E-state index contributed by atoms with van der Waals surface area (Å²) < 4.78 is 5.50. The van der Waals surface area contributed by atoms with Crippen molar-refractivity contribution < 1.29 is 24.5 Å². The summed E-state index contributed by atoms with van der Waals surface area (Å²) in [6.07, 6.45) is 86.5. The topological polar surface area (TPSA) is 95.9 Å². The molecule has 1 amide bonds. The van der Waals surface area contributed by atoms with E-state index in [1.807, 2.05) is 0 Å². The quantitative estimate of drug-likeness (QED) is 0.0320. The highest BCUT2D eigenvalue weighted by Crippen LogP contribution is 2.19. The monoisotopic (exact) mass is 1110 g/mol. The predicted octanol–water partition coefficient (Wildman–Crippen LogP) is 23.3. The second-order valence-corrected chi connectivity index (χ2v) is 24.9. The van der Waals surface area contributed by atoms with Crippen molar-refractivity contribution in [2.75, 3.05) is 13.2 Å². The van der Waals surface area contributed by atoms with E-state index in [0.717, 1.165) is 44.9 Å². The fourth-order valence-corrected chi connectivity index (χ4v) is 11.5. The maximum Gasteiger partial charge on any atom is 0.305 e. The van der Waals surface area contributed by atoms with Gasteiger partial charge < -0.3 is 20.3 Å². The second-order valence-electron chi connectivity index (χ2n) is 24.9. The van der Waals surface area contributed by atoms with Crippen LogP contribution in [0.15, 0.2) is 24.3 Å². The summed E-state index contributed by atoms with van der Waals surface area (Å²) in [5.74, 6) is -0.0376. The number of aliphatic hydroxyl groups excluding tert-OH is 2. The summed E-state index contributed by atoms with van der Waals surface area (Å²) in [7, 11) is 0. The van der Waals surface area contributed by atoms with Crippen molar-refractivity contribution in [1.29, 1.82) is 0 Å². The summed E-state index contributed by atoms with van der Waals surface area (Å²) in [5, 5.41) is 23.4. The molecule has 0 aromatic heterocycles. The van der Waals surface area contributed by atoms with Gasteiger partial charge in [-0.15, -0.1) is 0 Å². The van der Waals surface area contributed by atoms with E-state index in [2.05, 4.69) is 43.5 Å². The van der Waals surface area contributed by atoms with Gasteiger partial charge in [-0.3, -0.25) is 9.59 Å². The van der Waals surface area contributed by atoms with Crippen molar-refractivity contribution in [3.8, 4) is 0 Å². The number of hydrogen-bond acceptors (Lipinski definition) is 5. The minimum atomic E-state index is -0.672. The molecular formula is C73H141NO5. The zero-order chi connectivity index (χ0) is 57.1. The number of aliphatic hydroxyl groups is 2. The molecule has 0 saturated heterocycles. The molecule has 0 saturated carbocycles. The zero-order valence-corrected chi connectivity index (χ0v) is 53.6. The number of nitrogens with one attached hydrogen (secondary N) is 1. The van der Waals surface area contributed by atoms with Gasteiger partial charge in [0.05, 0.1) is 25.4 Å². The molecule has 0 aromatic carbocycles. The number of unbranched alkanes of at least 4 members (excludes halogenated alkanes) is 53. The molecular weight excluding hydrogens is 971 g/mol. The fourth-order valence-electron chi connectivity index (χ4n) is 11.5. The molecule has 0 spiro atoms. The minimum absolute atomic E-state index is 0.00231. The van der Waals surface area contributed by atoms with Crippen molar-refractivity contribution in [1.82, 2.24) is 5.32 Å². The molecule has 2 unspecified atom stereocenters. The standard InChI is InChI=1S/C73H141NO5/c1-3-5-7-9-11-13-15-17-19-21-23-24-25-26-27-28-30-33-37-41-45-49-53-57-61-65-71(76)70(69-75)74-72(77)66-62-58-54-50-46-42-38-34-31-29-32-36-40-44-48-52-56-60-64-68-79-73(78)67-63-59-55-51-47-43-39-35-22-20-18-16-14-12-10-8-6-4-2/h20,22,29,31,70-71,75-76H,3-19,21,23-28,30,32-69H2,1-2H3,(H,74,77)/b22-20-,31-29-. The molecule has 0 fully saturated rings. The van der Waals surface area contributed by atoms with Crippen LogP contribution in [0.5, 0.6) is 0 Å². The molecule has 0 rings (SSSR count). The van der Waals surface area contributed by atoms with Gasteiger partial charge in [0.1, 0.15) is 0 Å². The molecule has 0 aromatic rings. The summed E-state index contributed by atoms with van der Waals surface area (Å²) in [6.45, 7) is 4.98. The average Bonchev–Trinajstić information content (AvgIpc) is 3.45. The van der Waals surface area contributed by atoms with E-state index in [4.69, 9.17) is 4.74 Å². The number of hydrogen-bond donors (Lipinski definition) is 3. The maximum absolute atomic E-state index is 12.6. The lowest BCUT2D eigenvalue weighted by molar-refractivity contribution is -0.143. The van der Waals surface area contributed by atoms with E-state index in [1.165, 1.54) is 327 Å². The molecule has 2 atom stereocenters. The molecule has 6 nitrogen and oxygen atoms in total. The molecule has 6 heteroatoms. The lowest BCUT2D eigenvalue weighted by Crippen LogP contribution is -2.45. The number of rotatable bonds is 68. The van der Waals surface area contributed by atoms with Gasteiger partial charge in [0.15, 0.2) is 0 Å². The SMILES string of the molecule is CCCCCCCCC/C=C\CCCCCCCCCC(=O)OCCCCCCCCCC/C=C\CCCCCCCCCC(=O)NC(CO)C(O)CCCCCCCCCCCCCCCCCCCCCCCCCCC. The van der Waals surface area contributed by atoms with Crippen molar-refractivity contribution in [2.45, 2.75) is 418 Å². The first kappa shape index (κ1) is 77.3. The van der Waals surface area contributed by atoms with Crippen LogP contribution >= 0.6 is 0 Å². The largest absolute Gasteiger partial charge is 0.466 e. The summed E-state index contributed by atoms with van der Waals surface area (Å²) in [4.78, 5) is 24.7. The lowest BCUT2D eigenvalue weighted by Gasteiger charge is -2.22.